The smallest absolute Gasteiger partial charge is 0.0277 e. The fourth-order valence-electron chi connectivity index (χ4n) is 27.4. The molecule has 0 nitrogen and oxygen atoms in total. The van der Waals surface area contributed by atoms with Crippen LogP contribution < -0.4 is 0 Å². The molecular formula is C137H248. The first-order valence-corrected chi connectivity index (χ1v) is 61.9. The molecule has 22 rings (SSSR count). The fraction of sp³-hybridized carbons (Fsp3) is 0.693. The highest BCUT2D eigenvalue weighted by atomic mass is 14.7. The third kappa shape index (κ3) is 30.6. The summed E-state index contributed by atoms with van der Waals surface area (Å²) in [6, 6.07) is 56.9. The highest BCUT2D eigenvalue weighted by molar-refractivity contribution is 5.92. The first-order valence-electron chi connectivity index (χ1n) is 61.9. The number of hydrogen-bond donors (Lipinski definition) is 0. The molecule has 0 bridgehead atoms. The second-order valence-electron chi connectivity index (χ2n) is 31.0. The van der Waals surface area contributed by atoms with Gasteiger partial charge < -0.3 is 0 Å². The normalized spacial score (nSPS) is 24.8. The summed E-state index contributed by atoms with van der Waals surface area (Å²) in [6.45, 7) is 110. The van der Waals surface area contributed by atoms with Crippen LogP contribution in [0.3, 0.4) is 0 Å². The monoisotopic (exact) mass is 1890 g/mol. The van der Waals surface area contributed by atoms with E-state index in [2.05, 4.69) is 153 Å². The Morgan fingerprint density at radius 3 is 0.883 bits per heavy atom. The summed E-state index contributed by atoms with van der Waals surface area (Å²) in [7, 11) is 0. The van der Waals surface area contributed by atoms with Crippen molar-refractivity contribution >= 4 is 0 Å². The van der Waals surface area contributed by atoms with Crippen molar-refractivity contribution in [2.24, 2.45) is 76.4 Å². The Morgan fingerprint density at radius 1 is 0.219 bits per heavy atom. The molecule has 0 heterocycles. The van der Waals surface area contributed by atoms with E-state index in [-0.39, 0.29) is 0 Å². The molecule has 3 spiro atoms. The van der Waals surface area contributed by atoms with Gasteiger partial charge in [0.1, 0.15) is 0 Å². The lowest BCUT2D eigenvalue weighted by molar-refractivity contribution is -0.0227. The summed E-state index contributed by atoms with van der Waals surface area (Å²) in [5.74, 6) is 14.0. The molecule has 7 aromatic rings. The molecule has 12 unspecified atom stereocenters. The highest BCUT2D eigenvalue weighted by Gasteiger charge is 2.70. The summed E-state index contributed by atoms with van der Waals surface area (Å²) < 4.78 is 0. The first kappa shape index (κ1) is 147. The van der Waals surface area contributed by atoms with Gasteiger partial charge in [-0.25, -0.2) is 0 Å². The lowest BCUT2D eigenvalue weighted by Crippen LogP contribution is -2.45. The van der Waals surface area contributed by atoms with E-state index in [0.29, 0.717) is 22.7 Å². The van der Waals surface area contributed by atoms with Gasteiger partial charge in [0.2, 0.25) is 0 Å². The van der Waals surface area contributed by atoms with Crippen molar-refractivity contribution in [3.63, 3.8) is 0 Å². The minimum absolute atomic E-state index is 0.316. The van der Waals surface area contributed by atoms with Crippen molar-refractivity contribution < 1.29 is 0 Å². The Labute approximate surface area is 867 Å². The Kier molecular flexibility index (Phi) is 94.6. The molecule has 0 heteroatoms. The standard InChI is InChI=1S/C29H26.C28H24.C26H36.27C2H6/c1-2-8-21-17(6-1)14-19-12-13-23-22-9-3-4-10-26(22)29-20(15-18-7-5-11-25(18)29)16-24(21)27(19)28(23)29;1-2-8-19-18(7-1)21-12-13-22-20-9-3-4-10-25(20)28-17(14-16-6-5-11-24(16)28)15-23(19)26(21)27(22)28;1-2-17-7-3-4-10-23(17)20-15-21-13-18-8-5-11-24(18)26(21)22(16-20)14-19-9-6-12-25(19)26;27*1-2/h1-4,6,8-10,12-13,18,20,24-25H,5,7,11,14-16H2;1-4,7-10,12-13,16-17,23-24H,5-6,11,14-15H2;3-4,7,10,18-22,24-25H,2,5-6,8-9,11-16H2,1H3;27*1-2H3/t18?,20-,24?,25?,29+;16?,17-,23?,24?,28+;18?,19?,20?,21-,22+,24?,25?,26?;;;;;;;;;;;;;;;;;;;;;;;;;;;/m11............................/s1. The van der Waals surface area contributed by atoms with Gasteiger partial charge in [-0.3, -0.25) is 0 Å². The van der Waals surface area contributed by atoms with Crippen LogP contribution in [0.5, 0.6) is 0 Å². The number of benzene rings is 7. The SMILES string of the molecule is CC.CC.CC.CC.CC.CC.CC.CC.CC.CC.CC.CC.CC.CC.CC.CC.CC.CC.CC.CC.CC.CC.CC.CC.CC.CC.CC.CCc1ccccc1C1C[C@@H]2CC3CCCC3C23C2CCCC2C[C@@H]3C1.c1ccc2c(c1)-c1ccc3c4c1C2C[C@H]1CC2CCCC2[C@@]41c1ccccc1-3.c1ccc2c(c1)Cc1ccc3c4c1C2C[C@H]1CC2CCCC2[C@@]41c1ccccc1-3. The largest absolute Gasteiger partial charge is 0.0683 e. The Bertz CT molecular complexity index is 3810. The van der Waals surface area contributed by atoms with Crippen molar-refractivity contribution in [2.45, 2.75) is 551 Å². The van der Waals surface area contributed by atoms with Crippen molar-refractivity contribution in [2.75, 3.05) is 0 Å². The predicted octanol–water partition coefficient (Wildman–Crippen LogP) is 48.4. The van der Waals surface area contributed by atoms with Gasteiger partial charge >= 0.3 is 0 Å². The van der Waals surface area contributed by atoms with Gasteiger partial charge in [0.05, 0.1) is 0 Å². The zero-order valence-corrected chi connectivity index (χ0v) is 104. The molecule has 137 heavy (non-hydrogen) atoms. The van der Waals surface area contributed by atoms with E-state index in [0.717, 1.165) is 88.8 Å². The summed E-state index contributed by atoms with van der Waals surface area (Å²) in [4.78, 5) is 0. The van der Waals surface area contributed by atoms with Gasteiger partial charge in [0.25, 0.3) is 0 Å². The zero-order valence-electron chi connectivity index (χ0n) is 104. The van der Waals surface area contributed by atoms with Crippen LogP contribution in [0.4, 0.5) is 0 Å². The Balaban J connectivity index is -0.000000244. The maximum Gasteiger partial charge on any atom is 0.0277 e. The summed E-state index contributed by atoms with van der Waals surface area (Å²) in [5.41, 5.74) is 31.0. The van der Waals surface area contributed by atoms with E-state index in [1.165, 1.54) is 89.0 Å². The molecule has 0 N–H and O–H groups in total. The van der Waals surface area contributed by atoms with Crippen LogP contribution >= 0.6 is 0 Å². The highest BCUT2D eigenvalue weighted by Crippen LogP contribution is 2.78. The van der Waals surface area contributed by atoms with Gasteiger partial charge in [0.15, 0.2) is 0 Å². The van der Waals surface area contributed by atoms with Crippen LogP contribution in [-0.2, 0) is 23.7 Å². The molecule has 15 aliphatic carbocycles. The third-order valence-electron chi connectivity index (χ3n) is 29.1. The first-order chi connectivity index (χ1) is 68.1. The Hall–Kier alpha value is -5.46. The molecule has 9 saturated carbocycles. The molecule has 0 amide bonds. The molecule has 0 saturated heterocycles. The van der Waals surface area contributed by atoms with Crippen molar-refractivity contribution in [1.29, 1.82) is 0 Å². The lowest BCUT2D eigenvalue weighted by Gasteiger charge is -2.52. The van der Waals surface area contributed by atoms with Gasteiger partial charge in [-0.15, -0.1) is 0 Å². The maximum absolute atomic E-state index is 2.51. The summed E-state index contributed by atoms with van der Waals surface area (Å²) in [6.07, 6.45) is 32.4. The van der Waals surface area contributed by atoms with E-state index in [1.807, 2.05) is 374 Å². The number of rotatable bonds is 2. The van der Waals surface area contributed by atoms with E-state index < -0.39 is 0 Å². The van der Waals surface area contributed by atoms with Gasteiger partial charge in [0, 0.05) is 22.7 Å². The van der Waals surface area contributed by atoms with Gasteiger partial charge in [-0.05, 0) is 272 Å². The quantitative estimate of drug-likeness (QED) is 0.162. The number of hydrogen-bond acceptors (Lipinski definition) is 0. The van der Waals surface area contributed by atoms with E-state index in [9.17, 15) is 0 Å². The van der Waals surface area contributed by atoms with Crippen LogP contribution in [-0.4, -0.2) is 0 Å². The van der Waals surface area contributed by atoms with E-state index in [4.69, 9.17) is 0 Å². The van der Waals surface area contributed by atoms with Crippen LogP contribution in [0.15, 0.2) is 146 Å². The second kappa shape index (κ2) is 88.3. The molecule has 0 radical (unpaired) electrons. The van der Waals surface area contributed by atoms with Crippen molar-refractivity contribution in [3.05, 3.63) is 212 Å². The second-order valence-corrected chi connectivity index (χ2v) is 31.0. The van der Waals surface area contributed by atoms with Gasteiger partial charge in [-0.2, -0.15) is 0 Å². The molecule has 18 atom stereocenters. The fourth-order valence-corrected chi connectivity index (χ4v) is 27.4. The van der Waals surface area contributed by atoms with Crippen LogP contribution in [0.25, 0.3) is 33.4 Å². The topological polar surface area (TPSA) is 0 Å². The van der Waals surface area contributed by atoms with Gasteiger partial charge in [-0.1, -0.05) is 578 Å². The zero-order chi connectivity index (χ0) is 108. The molecule has 9 fully saturated rings. The number of fused-ring (bicyclic) bond motifs is 13. The minimum atomic E-state index is 0.316. The lowest BCUT2D eigenvalue weighted by atomic mass is 9.52. The maximum atomic E-state index is 2.51. The van der Waals surface area contributed by atoms with Crippen molar-refractivity contribution in [1.82, 2.24) is 0 Å². The predicted molar refractivity (Wildman–Crippen MR) is 645 cm³/mol. The summed E-state index contributed by atoms with van der Waals surface area (Å²) in [5, 5.41) is 0. The summed E-state index contributed by atoms with van der Waals surface area (Å²) >= 11 is 0. The number of aryl methyl sites for hydroxylation is 1. The van der Waals surface area contributed by atoms with E-state index in [1.54, 1.807) is 146 Å². The molecule has 15 aliphatic rings. The third-order valence-corrected chi connectivity index (χ3v) is 29.1. The molecule has 796 valence electrons. The molecule has 7 aromatic carbocycles. The average Bonchev–Trinajstić information content (AvgIpc) is 1.51. The Morgan fingerprint density at radius 2 is 0.504 bits per heavy atom. The molecular weight excluding hydrogens is 1650 g/mol. The van der Waals surface area contributed by atoms with Crippen LogP contribution in [0.2, 0.25) is 0 Å². The van der Waals surface area contributed by atoms with Crippen molar-refractivity contribution in [3.8, 4) is 33.4 Å². The minimum Gasteiger partial charge on any atom is -0.0683 e. The van der Waals surface area contributed by atoms with E-state index >= 15 is 0 Å². The molecule has 0 aromatic heterocycles. The van der Waals surface area contributed by atoms with Crippen LogP contribution in [0.1, 0.15) is 594 Å². The van der Waals surface area contributed by atoms with Crippen LogP contribution in [0, 0.1) is 76.4 Å². The average molecular weight is 1900 g/mol. The molecule has 0 aliphatic heterocycles.